The van der Waals surface area contributed by atoms with Crippen LogP contribution in [0.2, 0.25) is 0 Å². The Kier molecular flexibility index (Phi) is 4.78. The summed E-state index contributed by atoms with van der Waals surface area (Å²) in [5.41, 5.74) is 2.27. The van der Waals surface area contributed by atoms with Gasteiger partial charge >= 0.3 is 0 Å². The van der Waals surface area contributed by atoms with Gasteiger partial charge in [-0.2, -0.15) is 5.10 Å². The van der Waals surface area contributed by atoms with Crippen molar-refractivity contribution in [1.82, 2.24) is 9.78 Å². The lowest BCUT2D eigenvalue weighted by Gasteiger charge is -2.20. The number of rotatable bonds is 7. The van der Waals surface area contributed by atoms with Crippen molar-refractivity contribution < 1.29 is 8.42 Å². The summed E-state index contributed by atoms with van der Waals surface area (Å²) in [5, 5.41) is 4.42. The zero-order chi connectivity index (χ0) is 18.1. The van der Waals surface area contributed by atoms with E-state index in [2.05, 4.69) is 40.3 Å². The lowest BCUT2D eigenvalue weighted by atomic mass is 10.1. The standard InChI is InChI=1S/C20H27N3O2S/c1-16-13-20(23(21-16)12-9-17-5-3-2-4-6-17)22-11-10-19(14-22)26(24,25)15-18-7-8-18/h2-6,13,18-19H,7-12,14-15H2,1H3. The topological polar surface area (TPSA) is 55.2 Å². The van der Waals surface area contributed by atoms with Crippen molar-refractivity contribution in [3.63, 3.8) is 0 Å². The fourth-order valence-electron chi connectivity index (χ4n) is 3.81. The molecule has 4 rings (SSSR count). The van der Waals surface area contributed by atoms with Gasteiger partial charge in [0.25, 0.3) is 0 Å². The number of aryl methyl sites for hydroxylation is 3. The Balaban J connectivity index is 1.44. The van der Waals surface area contributed by atoms with Gasteiger partial charge in [-0.1, -0.05) is 30.3 Å². The summed E-state index contributed by atoms with van der Waals surface area (Å²) >= 11 is 0. The molecule has 1 aliphatic heterocycles. The molecule has 6 heteroatoms. The maximum atomic E-state index is 12.6. The molecule has 5 nitrogen and oxygen atoms in total. The Morgan fingerprint density at radius 2 is 1.92 bits per heavy atom. The van der Waals surface area contributed by atoms with Crippen molar-refractivity contribution >= 4 is 15.7 Å². The Bertz CT molecular complexity index is 856. The molecule has 1 saturated heterocycles. The smallest absolute Gasteiger partial charge is 0.155 e. The zero-order valence-electron chi connectivity index (χ0n) is 15.3. The summed E-state index contributed by atoms with van der Waals surface area (Å²) in [7, 11) is -2.97. The maximum absolute atomic E-state index is 12.6. The predicted octanol–water partition coefficient (Wildman–Crippen LogP) is 2.84. The van der Waals surface area contributed by atoms with Gasteiger partial charge < -0.3 is 4.90 Å². The van der Waals surface area contributed by atoms with Gasteiger partial charge in [-0.05, 0) is 44.1 Å². The molecule has 26 heavy (non-hydrogen) atoms. The fraction of sp³-hybridized carbons (Fsp3) is 0.550. The Hall–Kier alpha value is -1.82. The normalized spacial score (nSPS) is 20.7. The lowest BCUT2D eigenvalue weighted by molar-refractivity contribution is 0.579. The monoisotopic (exact) mass is 373 g/mol. The van der Waals surface area contributed by atoms with Gasteiger partial charge in [0, 0.05) is 25.7 Å². The number of sulfone groups is 1. The van der Waals surface area contributed by atoms with Crippen LogP contribution in [-0.2, 0) is 22.8 Å². The van der Waals surface area contributed by atoms with Crippen LogP contribution in [0.15, 0.2) is 36.4 Å². The van der Waals surface area contributed by atoms with Crippen LogP contribution in [0.1, 0.15) is 30.5 Å². The van der Waals surface area contributed by atoms with Gasteiger partial charge in [0.1, 0.15) is 5.82 Å². The molecular formula is C20H27N3O2S. The number of hydrogen-bond donors (Lipinski definition) is 0. The van der Waals surface area contributed by atoms with Crippen molar-refractivity contribution in [2.24, 2.45) is 5.92 Å². The average Bonchev–Trinajstić information content (AvgIpc) is 3.13. The molecule has 2 heterocycles. The molecule has 140 valence electrons. The van der Waals surface area contributed by atoms with E-state index in [-0.39, 0.29) is 5.25 Å². The molecule has 2 aliphatic rings. The van der Waals surface area contributed by atoms with Crippen LogP contribution in [0.25, 0.3) is 0 Å². The third kappa shape index (κ3) is 3.95. The molecular weight excluding hydrogens is 346 g/mol. The van der Waals surface area contributed by atoms with Crippen molar-refractivity contribution in [3.8, 4) is 0 Å². The third-order valence-corrected chi connectivity index (χ3v) is 7.81. The molecule has 0 N–H and O–H groups in total. The minimum atomic E-state index is -2.97. The largest absolute Gasteiger partial charge is 0.355 e. The first-order valence-corrected chi connectivity index (χ1v) is 11.3. The van der Waals surface area contributed by atoms with Crippen molar-refractivity contribution in [1.29, 1.82) is 0 Å². The first-order valence-electron chi connectivity index (χ1n) is 9.56. The van der Waals surface area contributed by atoms with E-state index in [1.54, 1.807) is 0 Å². The van der Waals surface area contributed by atoms with Gasteiger partial charge in [0.05, 0.1) is 16.7 Å². The quantitative estimate of drug-likeness (QED) is 0.749. The van der Waals surface area contributed by atoms with Crippen LogP contribution in [0.3, 0.4) is 0 Å². The molecule has 1 unspecified atom stereocenters. The molecule has 1 saturated carbocycles. The van der Waals surface area contributed by atoms with Gasteiger partial charge in [-0.3, -0.25) is 0 Å². The van der Waals surface area contributed by atoms with E-state index in [0.717, 1.165) is 50.3 Å². The van der Waals surface area contributed by atoms with E-state index >= 15 is 0 Å². The Morgan fingerprint density at radius 1 is 1.15 bits per heavy atom. The Morgan fingerprint density at radius 3 is 2.65 bits per heavy atom. The second-order valence-electron chi connectivity index (χ2n) is 7.73. The molecule has 0 spiro atoms. The van der Waals surface area contributed by atoms with Crippen LogP contribution in [0.4, 0.5) is 5.82 Å². The number of benzene rings is 1. The number of aromatic nitrogens is 2. The van der Waals surface area contributed by atoms with E-state index in [4.69, 9.17) is 0 Å². The van der Waals surface area contributed by atoms with Crippen molar-refractivity contribution in [2.45, 2.75) is 44.4 Å². The summed E-state index contributed by atoms with van der Waals surface area (Å²) in [6.45, 7) is 4.21. The number of anilines is 1. The minimum Gasteiger partial charge on any atom is -0.355 e. The van der Waals surface area contributed by atoms with Crippen LogP contribution in [0, 0.1) is 12.8 Å². The molecule has 0 bridgehead atoms. The zero-order valence-corrected chi connectivity index (χ0v) is 16.2. The number of nitrogens with zero attached hydrogens (tertiary/aromatic N) is 3. The molecule has 2 aromatic rings. The SMILES string of the molecule is Cc1cc(N2CCC(S(=O)(=O)CC3CC3)C2)n(CCc2ccccc2)n1. The van der Waals surface area contributed by atoms with E-state index in [0.29, 0.717) is 18.2 Å². The first-order chi connectivity index (χ1) is 12.5. The summed E-state index contributed by atoms with van der Waals surface area (Å²) in [4.78, 5) is 2.21. The Labute approximate surface area is 155 Å². The summed E-state index contributed by atoms with van der Waals surface area (Å²) in [5.74, 6) is 1.87. The highest BCUT2D eigenvalue weighted by Crippen LogP contribution is 2.33. The third-order valence-electron chi connectivity index (χ3n) is 5.48. The highest BCUT2D eigenvalue weighted by Gasteiger charge is 2.38. The van der Waals surface area contributed by atoms with E-state index in [1.807, 2.05) is 17.7 Å². The maximum Gasteiger partial charge on any atom is 0.155 e. The summed E-state index contributed by atoms with van der Waals surface area (Å²) in [6.07, 6.45) is 3.83. The van der Waals surface area contributed by atoms with Gasteiger partial charge in [0.2, 0.25) is 0 Å². The van der Waals surface area contributed by atoms with Gasteiger partial charge in [-0.15, -0.1) is 0 Å². The molecule has 0 radical (unpaired) electrons. The number of hydrogen-bond acceptors (Lipinski definition) is 4. The van der Waals surface area contributed by atoms with Crippen molar-refractivity contribution in [3.05, 3.63) is 47.7 Å². The summed E-state index contributed by atoms with van der Waals surface area (Å²) in [6, 6.07) is 12.5. The summed E-state index contributed by atoms with van der Waals surface area (Å²) < 4.78 is 27.3. The van der Waals surface area contributed by atoms with E-state index in [9.17, 15) is 8.42 Å². The van der Waals surface area contributed by atoms with Crippen molar-refractivity contribution in [2.75, 3.05) is 23.7 Å². The van der Waals surface area contributed by atoms with Crippen LogP contribution >= 0.6 is 0 Å². The predicted molar refractivity (Wildman–Crippen MR) is 104 cm³/mol. The molecule has 1 aromatic heterocycles. The molecule has 1 aliphatic carbocycles. The highest BCUT2D eigenvalue weighted by atomic mass is 32.2. The van der Waals surface area contributed by atoms with E-state index < -0.39 is 9.84 Å². The second-order valence-corrected chi connectivity index (χ2v) is 10.1. The molecule has 1 aromatic carbocycles. The second kappa shape index (κ2) is 7.06. The molecule has 1 atom stereocenters. The molecule has 0 amide bonds. The minimum absolute atomic E-state index is 0.221. The average molecular weight is 374 g/mol. The van der Waals surface area contributed by atoms with Crippen LogP contribution in [0.5, 0.6) is 0 Å². The molecule has 2 fully saturated rings. The highest BCUT2D eigenvalue weighted by molar-refractivity contribution is 7.92. The van der Waals surface area contributed by atoms with Gasteiger partial charge in [0.15, 0.2) is 9.84 Å². The van der Waals surface area contributed by atoms with Crippen LogP contribution < -0.4 is 4.90 Å². The fourth-order valence-corrected chi connectivity index (χ4v) is 5.94. The van der Waals surface area contributed by atoms with Gasteiger partial charge in [-0.25, -0.2) is 13.1 Å². The lowest BCUT2D eigenvalue weighted by Crippen LogP contribution is -2.30. The van der Waals surface area contributed by atoms with Crippen LogP contribution in [-0.4, -0.2) is 42.3 Å². The van der Waals surface area contributed by atoms with E-state index in [1.165, 1.54) is 5.56 Å². The first kappa shape index (κ1) is 17.6.